The highest BCUT2D eigenvalue weighted by Crippen LogP contribution is 2.25. The Morgan fingerprint density at radius 3 is 3.00 bits per heavy atom. The number of aromatic amines is 1. The van der Waals surface area contributed by atoms with E-state index >= 15 is 0 Å². The van der Waals surface area contributed by atoms with Crippen LogP contribution in [0.3, 0.4) is 0 Å². The molecule has 22 heavy (non-hydrogen) atoms. The lowest BCUT2D eigenvalue weighted by Gasteiger charge is -2.05. The standard InChI is InChI=1S/C17H16BrN3O/c1-11-14(15-7-13(18)4-5-16(15)21-11)8-17(22)20-10-12-3-2-6-19-9-12/h2-7,9,21H,8,10H2,1H3,(H,20,22). The van der Waals surface area contributed by atoms with Gasteiger partial charge in [-0.05, 0) is 42.3 Å². The Morgan fingerprint density at radius 2 is 2.23 bits per heavy atom. The average Bonchev–Trinajstić information content (AvgIpc) is 2.82. The Bertz CT molecular complexity index is 811. The summed E-state index contributed by atoms with van der Waals surface area (Å²) in [6, 6.07) is 9.86. The smallest absolute Gasteiger partial charge is 0.224 e. The zero-order chi connectivity index (χ0) is 15.5. The summed E-state index contributed by atoms with van der Waals surface area (Å²) in [5, 5.41) is 4.03. The number of fused-ring (bicyclic) bond motifs is 1. The molecule has 5 heteroatoms. The molecule has 0 saturated heterocycles. The Morgan fingerprint density at radius 1 is 1.36 bits per heavy atom. The number of rotatable bonds is 4. The van der Waals surface area contributed by atoms with E-state index in [-0.39, 0.29) is 5.91 Å². The molecule has 0 atom stereocenters. The second-order valence-corrected chi connectivity index (χ2v) is 6.15. The summed E-state index contributed by atoms with van der Waals surface area (Å²) in [5.74, 6) is 0.00725. The molecule has 1 aromatic carbocycles. The molecule has 0 spiro atoms. The lowest BCUT2D eigenvalue weighted by Crippen LogP contribution is -2.24. The maximum Gasteiger partial charge on any atom is 0.224 e. The van der Waals surface area contributed by atoms with Gasteiger partial charge in [0.1, 0.15) is 0 Å². The van der Waals surface area contributed by atoms with Crippen molar-refractivity contribution in [2.45, 2.75) is 19.9 Å². The fraction of sp³-hybridized carbons (Fsp3) is 0.176. The highest BCUT2D eigenvalue weighted by molar-refractivity contribution is 9.10. The van der Waals surface area contributed by atoms with Gasteiger partial charge >= 0.3 is 0 Å². The molecule has 2 N–H and O–H groups in total. The first-order valence-electron chi connectivity index (χ1n) is 7.06. The molecule has 0 aliphatic carbocycles. The van der Waals surface area contributed by atoms with E-state index in [1.807, 2.05) is 37.3 Å². The van der Waals surface area contributed by atoms with Crippen LogP contribution in [-0.2, 0) is 17.8 Å². The van der Waals surface area contributed by atoms with Crippen LogP contribution in [-0.4, -0.2) is 15.9 Å². The van der Waals surface area contributed by atoms with Gasteiger partial charge in [-0.3, -0.25) is 9.78 Å². The number of aryl methyl sites for hydroxylation is 1. The van der Waals surface area contributed by atoms with E-state index in [9.17, 15) is 4.79 Å². The van der Waals surface area contributed by atoms with Gasteiger partial charge in [0.25, 0.3) is 0 Å². The number of hydrogen-bond donors (Lipinski definition) is 2. The van der Waals surface area contributed by atoms with Crippen LogP contribution in [0, 0.1) is 6.92 Å². The molecular weight excluding hydrogens is 342 g/mol. The second kappa shape index (κ2) is 6.32. The molecule has 0 fully saturated rings. The molecule has 0 bridgehead atoms. The van der Waals surface area contributed by atoms with Crippen LogP contribution in [0.15, 0.2) is 47.2 Å². The van der Waals surface area contributed by atoms with Crippen molar-refractivity contribution in [2.75, 3.05) is 0 Å². The number of halogens is 1. The van der Waals surface area contributed by atoms with E-state index in [1.165, 1.54) is 0 Å². The maximum atomic E-state index is 12.2. The molecule has 1 amide bonds. The number of aromatic nitrogens is 2. The van der Waals surface area contributed by atoms with E-state index < -0.39 is 0 Å². The van der Waals surface area contributed by atoms with Gasteiger partial charge in [0, 0.05) is 40.0 Å². The average molecular weight is 358 g/mol. The van der Waals surface area contributed by atoms with Crippen LogP contribution in [0.5, 0.6) is 0 Å². The number of nitrogens with one attached hydrogen (secondary N) is 2. The first-order chi connectivity index (χ1) is 10.6. The van der Waals surface area contributed by atoms with Gasteiger partial charge in [0.2, 0.25) is 5.91 Å². The summed E-state index contributed by atoms with van der Waals surface area (Å²) in [4.78, 5) is 19.6. The lowest BCUT2D eigenvalue weighted by atomic mass is 10.1. The molecule has 3 aromatic rings. The maximum absolute atomic E-state index is 12.2. The van der Waals surface area contributed by atoms with Crippen molar-refractivity contribution in [3.8, 4) is 0 Å². The molecule has 4 nitrogen and oxygen atoms in total. The Balaban J connectivity index is 1.74. The van der Waals surface area contributed by atoms with Gasteiger partial charge in [-0.1, -0.05) is 22.0 Å². The highest BCUT2D eigenvalue weighted by Gasteiger charge is 2.12. The summed E-state index contributed by atoms with van der Waals surface area (Å²) in [6.45, 7) is 2.50. The highest BCUT2D eigenvalue weighted by atomic mass is 79.9. The van der Waals surface area contributed by atoms with Crippen LogP contribution in [0.2, 0.25) is 0 Å². The first kappa shape index (κ1) is 14.8. The summed E-state index contributed by atoms with van der Waals surface area (Å²) < 4.78 is 1.01. The first-order valence-corrected chi connectivity index (χ1v) is 7.85. The van der Waals surface area contributed by atoms with Crippen LogP contribution in [0.4, 0.5) is 0 Å². The third-order valence-electron chi connectivity index (χ3n) is 3.63. The van der Waals surface area contributed by atoms with Crippen LogP contribution < -0.4 is 5.32 Å². The fourth-order valence-electron chi connectivity index (χ4n) is 2.51. The minimum absolute atomic E-state index is 0.00725. The van der Waals surface area contributed by atoms with E-state index in [2.05, 4.69) is 31.2 Å². The monoisotopic (exact) mass is 357 g/mol. The van der Waals surface area contributed by atoms with E-state index in [0.717, 1.165) is 32.2 Å². The number of H-pyrrole nitrogens is 1. The zero-order valence-electron chi connectivity index (χ0n) is 12.2. The van der Waals surface area contributed by atoms with Crippen molar-refractivity contribution in [3.63, 3.8) is 0 Å². The molecule has 3 rings (SSSR count). The summed E-state index contributed by atoms with van der Waals surface area (Å²) in [6.07, 6.45) is 3.84. The lowest BCUT2D eigenvalue weighted by molar-refractivity contribution is -0.120. The number of amides is 1. The van der Waals surface area contributed by atoms with Crippen molar-refractivity contribution in [1.82, 2.24) is 15.3 Å². The molecule has 0 saturated carbocycles. The van der Waals surface area contributed by atoms with Crippen LogP contribution in [0.1, 0.15) is 16.8 Å². The summed E-state index contributed by atoms with van der Waals surface area (Å²) >= 11 is 3.48. The van der Waals surface area contributed by atoms with Crippen molar-refractivity contribution in [1.29, 1.82) is 0 Å². The summed E-state index contributed by atoms with van der Waals surface area (Å²) in [7, 11) is 0. The minimum atomic E-state index is 0.00725. The number of benzene rings is 1. The Hall–Kier alpha value is -2.14. The fourth-order valence-corrected chi connectivity index (χ4v) is 2.87. The molecule has 0 radical (unpaired) electrons. The Kier molecular flexibility index (Phi) is 4.24. The van der Waals surface area contributed by atoms with E-state index in [0.29, 0.717) is 13.0 Å². The third kappa shape index (κ3) is 3.20. The van der Waals surface area contributed by atoms with E-state index in [1.54, 1.807) is 12.4 Å². The predicted octanol–water partition coefficient (Wildman–Crippen LogP) is 3.49. The SMILES string of the molecule is Cc1[nH]c2ccc(Br)cc2c1CC(=O)NCc1cccnc1. The number of carbonyl (C=O) groups is 1. The van der Waals surface area contributed by atoms with Gasteiger partial charge in [-0.25, -0.2) is 0 Å². The van der Waals surface area contributed by atoms with Gasteiger partial charge in [0.15, 0.2) is 0 Å². The van der Waals surface area contributed by atoms with Crippen molar-refractivity contribution >= 4 is 32.7 Å². The molecule has 0 aliphatic heterocycles. The topological polar surface area (TPSA) is 57.8 Å². The van der Waals surface area contributed by atoms with Gasteiger partial charge in [-0.15, -0.1) is 0 Å². The van der Waals surface area contributed by atoms with Gasteiger partial charge in [0.05, 0.1) is 6.42 Å². The Labute approximate surface area is 137 Å². The number of pyridine rings is 1. The quantitative estimate of drug-likeness (QED) is 0.750. The molecule has 112 valence electrons. The van der Waals surface area contributed by atoms with E-state index in [4.69, 9.17) is 0 Å². The number of nitrogens with zero attached hydrogens (tertiary/aromatic N) is 1. The number of carbonyl (C=O) groups excluding carboxylic acids is 1. The van der Waals surface area contributed by atoms with Crippen LogP contribution >= 0.6 is 15.9 Å². The van der Waals surface area contributed by atoms with Crippen molar-refractivity contribution in [3.05, 3.63) is 64.0 Å². The molecule has 0 unspecified atom stereocenters. The largest absolute Gasteiger partial charge is 0.358 e. The minimum Gasteiger partial charge on any atom is -0.358 e. The third-order valence-corrected chi connectivity index (χ3v) is 4.12. The zero-order valence-corrected chi connectivity index (χ0v) is 13.8. The molecule has 2 aromatic heterocycles. The van der Waals surface area contributed by atoms with Crippen molar-refractivity contribution in [2.24, 2.45) is 0 Å². The molecular formula is C17H16BrN3O. The predicted molar refractivity (Wildman–Crippen MR) is 90.5 cm³/mol. The van der Waals surface area contributed by atoms with Gasteiger partial charge in [-0.2, -0.15) is 0 Å². The normalized spacial score (nSPS) is 10.8. The van der Waals surface area contributed by atoms with Crippen molar-refractivity contribution < 1.29 is 4.79 Å². The van der Waals surface area contributed by atoms with Gasteiger partial charge < -0.3 is 10.3 Å². The van der Waals surface area contributed by atoms with Crippen LogP contribution in [0.25, 0.3) is 10.9 Å². The number of hydrogen-bond acceptors (Lipinski definition) is 2. The molecule has 0 aliphatic rings. The molecule has 2 heterocycles. The summed E-state index contributed by atoms with van der Waals surface area (Å²) in [5.41, 5.74) is 4.12. The second-order valence-electron chi connectivity index (χ2n) is 5.23.